The first-order chi connectivity index (χ1) is 4.62. The first-order valence-corrected chi connectivity index (χ1v) is 4.62. The Morgan fingerprint density at radius 3 is 2.30 bits per heavy atom. The zero-order chi connectivity index (χ0) is 8.04. The average Bonchev–Trinajstić information content (AvgIpc) is 1.84. The number of rotatable bonds is 5. The molecule has 0 nitrogen and oxygen atoms in total. The fourth-order valence-electron chi connectivity index (χ4n) is 0.666. The van der Waals surface area contributed by atoms with Crippen LogP contribution in [0.5, 0.6) is 0 Å². The molecule has 0 aromatic heterocycles. The van der Waals surface area contributed by atoms with E-state index in [0.29, 0.717) is 12.2 Å². The van der Waals surface area contributed by atoms with Crippen LogP contribution in [0.4, 0.5) is 8.78 Å². The maximum atomic E-state index is 12.6. The highest BCUT2D eigenvalue weighted by molar-refractivity contribution is 8.00. The van der Waals surface area contributed by atoms with E-state index in [9.17, 15) is 8.78 Å². The van der Waals surface area contributed by atoms with Crippen molar-refractivity contribution in [2.24, 2.45) is 0 Å². The van der Waals surface area contributed by atoms with Gasteiger partial charge in [-0.15, -0.1) is 0 Å². The minimum Gasteiger partial charge on any atom is -0.194 e. The van der Waals surface area contributed by atoms with Gasteiger partial charge in [0.1, 0.15) is 0 Å². The lowest BCUT2D eigenvalue weighted by atomic mass is 10.3. The van der Waals surface area contributed by atoms with Crippen LogP contribution in [0.25, 0.3) is 0 Å². The fraction of sp³-hybridized carbons (Fsp3) is 1.00. The molecular formula is C7H14F2S. The molecule has 0 aromatic carbocycles. The van der Waals surface area contributed by atoms with Gasteiger partial charge in [-0.2, -0.15) is 8.78 Å². The van der Waals surface area contributed by atoms with Crippen molar-refractivity contribution in [2.45, 2.75) is 38.4 Å². The van der Waals surface area contributed by atoms with Crippen LogP contribution in [-0.2, 0) is 0 Å². The van der Waals surface area contributed by atoms with Crippen LogP contribution < -0.4 is 0 Å². The molecule has 0 rings (SSSR count). The lowest BCUT2D eigenvalue weighted by Crippen LogP contribution is -2.09. The molecule has 0 spiro atoms. The fourth-order valence-corrected chi connectivity index (χ4v) is 1.38. The Labute approximate surface area is 65.4 Å². The molecule has 0 amide bonds. The molecule has 10 heavy (non-hydrogen) atoms. The monoisotopic (exact) mass is 168 g/mol. The molecule has 0 saturated carbocycles. The van der Waals surface area contributed by atoms with Crippen molar-refractivity contribution in [3.8, 4) is 0 Å². The number of unbranched alkanes of at least 4 members (excludes halogenated alkanes) is 1. The zero-order valence-corrected chi connectivity index (χ0v) is 7.31. The van der Waals surface area contributed by atoms with Crippen LogP contribution >= 0.6 is 11.8 Å². The van der Waals surface area contributed by atoms with E-state index in [4.69, 9.17) is 0 Å². The van der Waals surface area contributed by atoms with E-state index in [2.05, 4.69) is 0 Å². The largest absolute Gasteiger partial charge is 0.293 e. The second kappa shape index (κ2) is 4.94. The Morgan fingerprint density at radius 1 is 1.30 bits per heavy atom. The molecule has 0 atom stereocenters. The predicted octanol–water partition coefficient (Wildman–Crippen LogP) is 3.52. The van der Waals surface area contributed by atoms with Crippen LogP contribution in [0.15, 0.2) is 0 Å². The number of hydrogen-bond donors (Lipinski definition) is 0. The second-order valence-corrected chi connectivity index (χ2v) is 3.64. The Hall–Kier alpha value is 0.210. The summed E-state index contributed by atoms with van der Waals surface area (Å²) in [4.78, 5) is 0. The molecule has 0 aliphatic rings. The average molecular weight is 168 g/mol. The van der Waals surface area contributed by atoms with Gasteiger partial charge in [-0.05, 0) is 12.2 Å². The Balaban J connectivity index is 3.42. The molecule has 0 heterocycles. The maximum Gasteiger partial charge on any atom is 0.293 e. The van der Waals surface area contributed by atoms with Crippen LogP contribution in [0.3, 0.4) is 0 Å². The number of hydrogen-bond acceptors (Lipinski definition) is 1. The van der Waals surface area contributed by atoms with Crippen molar-refractivity contribution in [1.29, 1.82) is 0 Å². The third kappa shape index (κ3) is 5.03. The topological polar surface area (TPSA) is 0 Å². The highest BCUT2D eigenvalue weighted by atomic mass is 32.2. The van der Waals surface area contributed by atoms with Crippen molar-refractivity contribution >= 4 is 11.8 Å². The van der Waals surface area contributed by atoms with Gasteiger partial charge >= 0.3 is 0 Å². The highest BCUT2D eigenvalue weighted by Gasteiger charge is 2.26. The first-order valence-electron chi connectivity index (χ1n) is 3.64. The number of alkyl halides is 2. The Bertz CT molecular complexity index is 83.7. The van der Waals surface area contributed by atoms with Gasteiger partial charge in [-0.25, -0.2) is 0 Å². The van der Waals surface area contributed by atoms with Crippen LogP contribution in [0, 0.1) is 0 Å². The summed E-state index contributed by atoms with van der Waals surface area (Å²) in [6, 6.07) is 0. The van der Waals surface area contributed by atoms with Gasteiger partial charge in [0.2, 0.25) is 0 Å². The molecule has 0 fully saturated rings. The van der Waals surface area contributed by atoms with E-state index in [1.54, 1.807) is 6.92 Å². The van der Waals surface area contributed by atoms with E-state index in [0.717, 1.165) is 18.2 Å². The van der Waals surface area contributed by atoms with Gasteiger partial charge in [0.15, 0.2) is 0 Å². The van der Waals surface area contributed by atoms with Crippen molar-refractivity contribution in [2.75, 3.05) is 5.75 Å². The predicted molar refractivity (Wildman–Crippen MR) is 42.6 cm³/mol. The molecule has 0 radical (unpaired) electrons. The minimum absolute atomic E-state index is 0.0298. The lowest BCUT2D eigenvalue weighted by molar-refractivity contribution is 0.0930. The molecule has 62 valence electrons. The van der Waals surface area contributed by atoms with Gasteiger partial charge in [-0.1, -0.05) is 32.0 Å². The summed E-state index contributed by atoms with van der Waals surface area (Å²) in [5, 5.41) is -2.48. The summed E-state index contributed by atoms with van der Waals surface area (Å²) in [7, 11) is 0. The molecule has 0 unspecified atom stereocenters. The van der Waals surface area contributed by atoms with Crippen molar-refractivity contribution in [3.63, 3.8) is 0 Å². The van der Waals surface area contributed by atoms with Crippen LogP contribution in [-0.4, -0.2) is 11.0 Å². The Morgan fingerprint density at radius 2 is 1.90 bits per heavy atom. The molecular weight excluding hydrogens is 154 g/mol. The quantitative estimate of drug-likeness (QED) is 0.605. The van der Waals surface area contributed by atoms with Gasteiger partial charge in [0.05, 0.1) is 0 Å². The molecule has 0 bridgehead atoms. The van der Waals surface area contributed by atoms with Crippen molar-refractivity contribution in [1.82, 2.24) is 0 Å². The van der Waals surface area contributed by atoms with E-state index in [-0.39, 0.29) is 6.42 Å². The molecule has 0 saturated heterocycles. The van der Waals surface area contributed by atoms with E-state index >= 15 is 0 Å². The smallest absolute Gasteiger partial charge is 0.194 e. The summed E-state index contributed by atoms with van der Waals surface area (Å²) in [5.41, 5.74) is 0. The molecule has 3 heteroatoms. The van der Waals surface area contributed by atoms with Gasteiger partial charge in [0.25, 0.3) is 5.25 Å². The second-order valence-electron chi connectivity index (χ2n) is 2.17. The normalized spacial score (nSPS) is 12.0. The number of thioether (sulfide) groups is 1. The van der Waals surface area contributed by atoms with E-state index < -0.39 is 5.25 Å². The molecule has 0 aliphatic carbocycles. The minimum atomic E-state index is -2.48. The number of halogens is 2. The first kappa shape index (κ1) is 10.2. The SMILES string of the molecule is CCCCC(F)(F)SCC. The molecule has 0 aromatic rings. The standard InChI is InChI=1S/C7H14F2S/c1-3-5-6-7(8,9)10-4-2/h3-6H2,1-2H3. The summed E-state index contributed by atoms with van der Waals surface area (Å²) < 4.78 is 25.1. The summed E-state index contributed by atoms with van der Waals surface area (Å²) >= 11 is 0.740. The zero-order valence-electron chi connectivity index (χ0n) is 6.49. The van der Waals surface area contributed by atoms with Gasteiger partial charge in [0, 0.05) is 6.42 Å². The Kier molecular flexibility index (Phi) is 5.04. The molecule has 0 aliphatic heterocycles. The molecule has 0 N–H and O–H groups in total. The third-order valence-electron chi connectivity index (χ3n) is 1.18. The van der Waals surface area contributed by atoms with Crippen LogP contribution in [0.2, 0.25) is 0 Å². The maximum absolute atomic E-state index is 12.6. The summed E-state index contributed by atoms with van der Waals surface area (Å²) in [6.45, 7) is 3.68. The van der Waals surface area contributed by atoms with Crippen molar-refractivity contribution < 1.29 is 8.78 Å². The van der Waals surface area contributed by atoms with E-state index in [1.807, 2.05) is 6.92 Å². The van der Waals surface area contributed by atoms with Gasteiger partial charge < -0.3 is 0 Å². The van der Waals surface area contributed by atoms with E-state index in [1.165, 1.54) is 0 Å². The third-order valence-corrected chi connectivity index (χ3v) is 2.09. The van der Waals surface area contributed by atoms with Crippen molar-refractivity contribution in [3.05, 3.63) is 0 Å². The summed E-state index contributed by atoms with van der Waals surface area (Å²) in [5.74, 6) is 0.497. The highest BCUT2D eigenvalue weighted by Crippen LogP contribution is 2.33. The van der Waals surface area contributed by atoms with Crippen LogP contribution in [0.1, 0.15) is 33.1 Å². The summed E-state index contributed by atoms with van der Waals surface area (Å²) in [6.07, 6.45) is 1.50. The van der Waals surface area contributed by atoms with Gasteiger partial charge in [-0.3, -0.25) is 0 Å². The lowest BCUT2D eigenvalue weighted by Gasteiger charge is -2.13.